The van der Waals surface area contributed by atoms with E-state index in [0.717, 1.165) is 25.7 Å². The summed E-state index contributed by atoms with van der Waals surface area (Å²) in [5.41, 5.74) is 3.46. The molecule has 19 heavy (non-hydrogen) atoms. The average Bonchev–Trinajstić information content (AvgIpc) is 2.46. The van der Waals surface area contributed by atoms with E-state index in [-0.39, 0.29) is 11.9 Å². The van der Waals surface area contributed by atoms with Gasteiger partial charge in [0, 0.05) is 19.4 Å². The van der Waals surface area contributed by atoms with Crippen molar-refractivity contribution in [1.82, 2.24) is 9.88 Å². The van der Waals surface area contributed by atoms with Gasteiger partial charge < -0.3 is 15.4 Å². The van der Waals surface area contributed by atoms with Gasteiger partial charge >= 0.3 is 0 Å². The van der Waals surface area contributed by atoms with Gasteiger partial charge in [0.05, 0.1) is 23.4 Å². The molecule has 2 unspecified atom stereocenters. The molecule has 104 valence electrons. The van der Waals surface area contributed by atoms with Crippen LogP contribution in [-0.4, -0.2) is 40.1 Å². The Balaban J connectivity index is 2.18. The van der Waals surface area contributed by atoms with Crippen molar-refractivity contribution in [2.45, 2.75) is 37.8 Å². The molecule has 0 spiro atoms. The highest BCUT2D eigenvalue weighted by Crippen LogP contribution is 2.24. The lowest BCUT2D eigenvalue weighted by molar-refractivity contribution is 0.0268. The van der Waals surface area contributed by atoms with Crippen molar-refractivity contribution in [2.24, 2.45) is 5.84 Å². The Morgan fingerprint density at radius 2 is 2.26 bits per heavy atom. The van der Waals surface area contributed by atoms with Gasteiger partial charge in [-0.05, 0) is 18.9 Å². The van der Waals surface area contributed by atoms with E-state index in [1.54, 1.807) is 24.2 Å². The van der Waals surface area contributed by atoms with E-state index in [2.05, 4.69) is 10.4 Å². The number of carbonyl (C=O) groups is 1. The second kappa shape index (κ2) is 5.99. The maximum absolute atomic E-state index is 12.4. The zero-order valence-electron chi connectivity index (χ0n) is 11.0. The van der Waals surface area contributed by atoms with Crippen LogP contribution in [0.4, 0.5) is 5.69 Å². The van der Waals surface area contributed by atoms with Gasteiger partial charge in [0.1, 0.15) is 0 Å². The van der Waals surface area contributed by atoms with Gasteiger partial charge in [-0.1, -0.05) is 12.8 Å². The van der Waals surface area contributed by atoms with Crippen molar-refractivity contribution in [2.75, 3.05) is 12.5 Å². The first-order chi connectivity index (χ1) is 9.15. The molecule has 0 aliphatic heterocycles. The van der Waals surface area contributed by atoms with Crippen LogP contribution in [0.5, 0.6) is 0 Å². The lowest BCUT2D eigenvalue weighted by Gasteiger charge is -2.35. The number of rotatable bonds is 3. The Morgan fingerprint density at radius 3 is 2.95 bits per heavy atom. The number of hydrogen-bond acceptors (Lipinski definition) is 5. The van der Waals surface area contributed by atoms with Crippen LogP contribution in [0.1, 0.15) is 36.0 Å². The zero-order valence-corrected chi connectivity index (χ0v) is 11.0. The van der Waals surface area contributed by atoms with Gasteiger partial charge in [-0.25, -0.2) is 0 Å². The van der Waals surface area contributed by atoms with E-state index in [1.165, 1.54) is 6.20 Å². The highest BCUT2D eigenvalue weighted by molar-refractivity contribution is 5.99. The standard InChI is InChI=1S/C13H20N4O2/c1-17(11-4-2-3-5-12(11)18)13(19)9-8-15-7-6-10(9)16-14/h6-8,11-12,18H,2-5,14H2,1H3,(H,15,16). The molecule has 1 aromatic heterocycles. The molecular formula is C13H20N4O2. The van der Waals surface area contributed by atoms with Gasteiger partial charge in [0.25, 0.3) is 5.91 Å². The number of likely N-dealkylation sites (N-methyl/N-ethyl adjacent to an activating group) is 1. The fourth-order valence-corrected chi connectivity index (χ4v) is 2.57. The van der Waals surface area contributed by atoms with Crippen molar-refractivity contribution in [3.05, 3.63) is 24.0 Å². The highest BCUT2D eigenvalue weighted by atomic mass is 16.3. The number of carbonyl (C=O) groups excluding carboxylic acids is 1. The molecule has 0 radical (unpaired) electrons. The lowest BCUT2D eigenvalue weighted by atomic mass is 9.91. The first-order valence-corrected chi connectivity index (χ1v) is 6.51. The third-order valence-electron chi connectivity index (χ3n) is 3.72. The summed E-state index contributed by atoms with van der Waals surface area (Å²) >= 11 is 0. The first-order valence-electron chi connectivity index (χ1n) is 6.51. The summed E-state index contributed by atoms with van der Waals surface area (Å²) in [6.07, 6.45) is 6.24. The third kappa shape index (κ3) is 2.85. The Labute approximate surface area is 112 Å². The Morgan fingerprint density at radius 1 is 1.53 bits per heavy atom. The number of nitrogens with two attached hydrogens (primary N) is 1. The second-order valence-corrected chi connectivity index (χ2v) is 4.90. The summed E-state index contributed by atoms with van der Waals surface area (Å²) < 4.78 is 0. The molecule has 4 N–H and O–H groups in total. The quantitative estimate of drug-likeness (QED) is 0.553. The van der Waals surface area contributed by atoms with E-state index < -0.39 is 6.10 Å². The minimum absolute atomic E-state index is 0.132. The minimum Gasteiger partial charge on any atom is -0.391 e. The van der Waals surface area contributed by atoms with Crippen LogP contribution >= 0.6 is 0 Å². The number of hydrazine groups is 1. The van der Waals surface area contributed by atoms with Crippen molar-refractivity contribution in [1.29, 1.82) is 0 Å². The largest absolute Gasteiger partial charge is 0.391 e. The number of hydrogen-bond donors (Lipinski definition) is 3. The molecule has 0 bridgehead atoms. The van der Waals surface area contributed by atoms with Crippen molar-refractivity contribution in [3.63, 3.8) is 0 Å². The second-order valence-electron chi connectivity index (χ2n) is 4.90. The Bertz CT molecular complexity index is 452. The number of aliphatic hydroxyl groups is 1. The predicted octanol–water partition coefficient (Wildman–Crippen LogP) is 0.743. The molecule has 1 heterocycles. The molecule has 1 amide bonds. The molecule has 6 heteroatoms. The molecular weight excluding hydrogens is 244 g/mol. The third-order valence-corrected chi connectivity index (χ3v) is 3.72. The van der Waals surface area contributed by atoms with Gasteiger partial charge in [-0.15, -0.1) is 0 Å². The lowest BCUT2D eigenvalue weighted by Crippen LogP contribution is -2.46. The number of amides is 1. The summed E-state index contributed by atoms with van der Waals surface area (Å²) in [6, 6.07) is 1.52. The van der Waals surface area contributed by atoms with E-state index in [9.17, 15) is 9.90 Å². The summed E-state index contributed by atoms with van der Waals surface area (Å²) in [6.45, 7) is 0. The van der Waals surface area contributed by atoms with Gasteiger partial charge in [-0.3, -0.25) is 15.6 Å². The maximum atomic E-state index is 12.4. The number of nitrogen functional groups attached to an aromatic ring is 1. The van der Waals surface area contributed by atoms with Gasteiger partial charge in [-0.2, -0.15) is 0 Å². The van der Waals surface area contributed by atoms with E-state index in [4.69, 9.17) is 5.84 Å². The van der Waals surface area contributed by atoms with Gasteiger partial charge in [0.15, 0.2) is 0 Å². The highest BCUT2D eigenvalue weighted by Gasteiger charge is 2.30. The van der Waals surface area contributed by atoms with Crippen molar-refractivity contribution < 1.29 is 9.90 Å². The number of pyridine rings is 1. The van der Waals surface area contributed by atoms with Crippen LogP contribution < -0.4 is 11.3 Å². The predicted molar refractivity (Wildman–Crippen MR) is 72.4 cm³/mol. The fraction of sp³-hybridized carbons (Fsp3) is 0.538. The van der Waals surface area contributed by atoms with Crippen LogP contribution in [0.3, 0.4) is 0 Å². The van der Waals surface area contributed by atoms with E-state index >= 15 is 0 Å². The van der Waals surface area contributed by atoms with Crippen LogP contribution in [0, 0.1) is 0 Å². The summed E-state index contributed by atoms with van der Waals surface area (Å²) in [5.74, 6) is 5.22. The summed E-state index contributed by atoms with van der Waals surface area (Å²) in [7, 11) is 1.72. The van der Waals surface area contributed by atoms with Crippen LogP contribution in [0.25, 0.3) is 0 Å². The van der Waals surface area contributed by atoms with Gasteiger partial charge in [0.2, 0.25) is 0 Å². The molecule has 2 atom stereocenters. The number of anilines is 1. The van der Waals surface area contributed by atoms with Crippen molar-refractivity contribution in [3.8, 4) is 0 Å². The van der Waals surface area contributed by atoms with E-state index in [1.807, 2.05) is 0 Å². The molecule has 1 aliphatic rings. The molecule has 1 aliphatic carbocycles. The zero-order chi connectivity index (χ0) is 13.8. The Hall–Kier alpha value is -1.66. The summed E-state index contributed by atoms with van der Waals surface area (Å²) in [5, 5.41) is 10.0. The number of aromatic nitrogens is 1. The van der Waals surface area contributed by atoms with Crippen LogP contribution in [-0.2, 0) is 0 Å². The van der Waals surface area contributed by atoms with E-state index in [0.29, 0.717) is 11.3 Å². The van der Waals surface area contributed by atoms with Crippen LogP contribution in [0.2, 0.25) is 0 Å². The number of nitrogens with one attached hydrogen (secondary N) is 1. The number of nitrogens with zero attached hydrogens (tertiary/aromatic N) is 2. The smallest absolute Gasteiger partial charge is 0.257 e. The molecule has 1 saturated carbocycles. The first kappa shape index (κ1) is 13.8. The number of aliphatic hydroxyl groups excluding tert-OH is 1. The topological polar surface area (TPSA) is 91.5 Å². The maximum Gasteiger partial charge on any atom is 0.257 e. The summed E-state index contributed by atoms with van der Waals surface area (Å²) in [4.78, 5) is 18.0. The normalized spacial score (nSPS) is 22.9. The molecule has 1 aromatic rings. The van der Waals surface area contributed by atoms with Crippen LogP contribution in [0.15, 0.2) is 18.5 Å². The minimum atomic E-state index is -0.450. The molecule has 0 saturated heterocycles. The monoisotopic (exact) mass is 264 g/mol. The molecule has 1 fully saturated rings. The SMILES string of the molecule is CN(C(=O)c1cnccc1NN)C1CCCCC1O. The molecule has 2 rings (SSSR count). The Kier molecular flexibility index (Phi) is 4.34. The van der Waals surface area contributed by atoms with Crippen molar-refractivity contribution >= 4 is 11.6 Å². The fourth-order valence-electron chi connectivity index (χ4n) is 2.57. The molecule has 6 nitrogen and oxygen atoms in total. The molecule has 0 aromatic carbocycles. The average molecular weight is 264 g/mol.